The van der Waals surface area contributed by atoms with E-state index in [1.807, 2.05) is 19.1 Å². The smallest absolute Gasteiger partial charge is 0.251 e. The average Bonchev–Trinajstić information content (AvgIpc) is 3.65. The summed E-state index contributed by atoms with van der Waals surface area (Å²) >= 11 is 0. The lowest BCUT2D eigenvalue weighted by Crippen LogP contribution is -2.50. The molecule has 1 unspecified atom stereocenters. The normalized spacial score (nSPS) is 23.1. The number of nitrogens with zero attached hydrogens (tertiary/aromatic N) is 2. The molecular weight excluding hydrogens is 442 g/mol. The molecule has 3 aliphatic rings. The van der Waals surface area contributed by atoms with Crippen LogP contribution in [0.3, 0.4) is 0 Å². The monoisotopic (exact) mass is 475 g/mol. The molecule has 184 valence electrons. The van der Waals surface area contributed by atoms with E-state index >= 15 is 0 Å². The van der Waals surface area contributed by atoms with Crippen LogP contribution in [0.5, 0.6) is 0 Å². The fourth-order valence-corrected chi connectivity index (χ4v) is 5.47. The number of nitrogens with one attached hydrogen (secondary N) is 2. The summed E-state index contributed by atoms with van der Waals surface area (Å²) < 4.78 is 0. The summed E-state index contributed by atoms with van der Waals surface area (Å²) in [6.45, 7) is 2.64. The van der Waals surface area contributed by atoms with Gasteiger partial charge >= 0.3 is 0 Å². The van der Waals surface area contributed by atoms with Crippen LogP contribution in [0.1, 0.15) is 82.9 Å². The summed E-state index contributed by atoms with van der Waals surface area (Å²) in [7, 11) is 0. The van der Waals surface area contributed by atoms with Gasteiger partial charge in [-0.25, -0.2) is 4.98 Å². The van der Waals surface area contributed by atoms with Crippen molar-refractivity contribution in [1.82, 2.24) is 10.3 Å². The molecule has 2 aromatic rings. The van der Waals surface area contributed by atoms with Crippen molar-refractivity contribution in [2.75, 3.05) is 16.8 Å². The zero-order chi connectivity index (χ0) is 24.5. The second kappa shape index (κ2) is 9.68. The molecule has 35 heavy (non-hydrogen) atoms. The van der Waals surface area contributed by atoms with E-state index in [0.717, 1.165) is 38.0 Å². The van der Waals surface area contributed by atoms with Crippen molar-refractivity contribution in [1.29, 1.82) is 0 Å². The van der Waals surface area contributed by atoms with Crippen LogP contribution >= 0.6 is 0 Å². The van der Waals surface area contributed by atoms with E-state index in [9.17, 15) is 14.4 Å². The third-order valence-electron chi connectivity index (χ3n) is 7.55. The quantitative estimate of drug-likeness (QED) is 0.478. The van der Waals surface area contributed by atoms with Gasteiger partial charge in [-0.05, 0) is 74.8 Å². The summed E-state index contributed by atoms with van der Waals surface area (Å²) in [5, 5.41) is 6.52. The Morgan fingerprint density at radius 2 is 1.74 bits per heavy atom. The first-order valence-corrected chi connectivity index (χ1v) is 12.7. The number of rotatable bonds is 9. The van der Waals surface area contributed by atoms with Gasteiger partial charge in [-0.2, -0.15) is 0 Å². The molecule has 8 heteroatoms. The minimum absolute atomic E-state index is 0.0795. The van der Waals surface area contributed by atoms with Crippen LogP contribution in [0.25, 0.3) is 0 Å². The van der Waals surface area contributed by atoms with Crippen LogP contribution in [0.4, 0.5) is 11.5 Å². The summed E-state index contributed by atoms with van der Waals surface area (Å²) in [6.07, 6.45) is 8.37. The molecule has 2 amide bonds. The van der Waals surface area contributed by atoms with Gasteiger partial charge in [0, 0.05) is 54.1 Å². The lowest BCUT2D eigenvalue weighted by molar-refractivity contribution is 0.0924. The van der Waals surface area contributed by atoms with Crippen LogP contribution in [-0.4, -0.2) is 47.3 Å². The molecular formula is C27H33N5O3. The van der Waals surface area contributed by atoms with E-state index < -0.39 is 5.91 Å². The fourth-order valence-electron chi connectivity index (χ4n) is 5.47. The van der Waals surface area contributed by atoms with Crippen molar-refractivity contribution in [2.24, 2.45) is 11.7 Å². The average molecular weight is 476 g/mol. The van der Waals surface area contributed by atoms with Gasteiger partial charge in [-0.3, -0.25) is 14.4 Å². The van der Waals surface area contributed by atoms with Crippen LogP contribution in [0, 0.1) is 5.92 Å². The van der Waals surface area contributed by atoms with Crippen molar-refractivity contribution in [3.05, 3.63) is 53.2 Å². The first kappa shape index (κ1) is 23.3. The number of aromatic nitrogens is 1. The number of amides is 2. The molecule has 0 radical (unpaired) electrons. The lowest BCUT2D eigenvalue weighted by Gasteiger charge is -2.40. The first-order valence-electron chi connectivity index (χ1n) is 12.7. The summed E-state index contributed by atoms with van der Waals surface area (Å²) in [5.41, 5.74) is 7.75. The summed E-state index contributed by atoms with van der Waals surface area (Å²) in [6, 6.07) is 9.57. The number of carbonyl (C=O) groups is 3. The van der Waals surface area contributed by atoms with Crippen molar-refractivity contribution in [3.8, 4) is 0 Å². The van der Waals surface area contributed by atoms with Crippen molar-refractivity contribution < 1.29 is 14.4 Å². The number of Topliss-reactive ketones (excluding diaryl/α,β-unsaturated/α-hetero) is 1. The zero-order valence-electron chi connectivity index (χ0n) is 20.1. The summed E-state index contributed by atoms with van der Waals surface area (Å²) in [5.74, 6) is 1.01. The Balaban J connectivity index is 1.24. The van der Waals surface area contributed by atoms with E-state index in [-0.39, 0.29) is 17.7 Å². The van der Waals surface area contributed by atoms with Gasteiger partial charge in [0.15, 0.2) is 5.78 Å². The largest absolute Gasteiger partial charge is 0.384 e. The molecule has 8 nitrogen and oxygen atoms in total. The number of fused-ring (bicyclic) bond motifs is 2. The second-order valence-electron chi connectivity index (χ2n) is 10.1. The fraction of sp³-hybridized carbons (Fsp3) is 0.481. The zero-order valence-corrected chi connectivity index (χ0v) is 20.1. The van der Waals surface area contributed by atoms with E-state index in [0.29, 0.717) is 46.8 Å². The number of nitrogens with two attached hydrogens (primary N) is 1. The van der Waals surface area contributed by atoms with Crippen LogP contribution in [0.15, 0.2) is 36.5 Å². The lowest BCUT2D eigenvalue weighted by atomic mass is 9.96. The molecule has 0 spiro atoms. The van der Waals surface area contributed by atoms with E-state index in [4.69, 9.17) is 5.73 Å². The predicted octanol–water partition coefficient (Wildman–Crippen LogP) is 3.52. The molecule has 2 aliphatic heterocycles. The Morgan fingerprint density at radius 3 is 2.34 bits per heavy atom. The Morgan fingerprint density at radius 1 is 1.03 bits per heavy atom. The number of ketones is 1. The molecule has 3 fully saturated rings. The van der Waals surface area contributed by atoms with Gasteiger partial charge < -0.3 is 21.3 Å². The Kier molecular flexibility index (Phi) is 6.45. The maximum Gasteiger partial charge on any atom is 0.251 e. The van der Waals surface area contributed by atoms with Crippen LogP contribution < -0.4 is 21.3 Å². The second-order valence-corrected chi connectivity index (χ2v) is 10.1. The van der Waals surface area contributed by atoms with Gasteiger partial charge in [-0.1, -0.05) is 6.92 Å². The van der Waals surface area contributed by atoms with Crippen LogP contribution in [-0.2, 0) is 0 Å². The third kappa shape index (κ3) is 5.01. The number of benzene rings is 1. The number of carbonyl (C=O) groups excluding carboxylic acids is 3. The molecule has 1 aliphatic carbocycles. The number of pyridine rings is 1. The molecule has 3 atom stereocenters. The van der Waals surface area contributed by atoms with Gasteiger partial charge in [0.1, 0.15) is 5.82 Å². The first-order chi connectivity index (χ1) is 16.9. The van der Waals surface area contributed by atoms with Gasteiger partial charge in [0.2, 0.25) is 0 Å². The van der Waals surface area contributed by atoms with Crippen molar-refractivity contribution in [2.45, 2.75) is 70.0 Å². The highest BCUT2D eigenvalue weighted by Gasteiger charge is 2.41. The van der Waals surface area contributed by atoms with Gasteiger partial charge in [-0.15, -0.1) is 0 Å². The maximum atomic E-state index is 13.1. The van der Waals surface area contributed by atoms with Gasteiger partial charge in [0.25, 0.3) is 11.8 Å². The highest BCUT2D eigenvalue weighted by atomic mass is 16.2. The number of hydrogen-bond donors (Lipinski definition) is 3. The van der Waals surface area contributed by atoms with Crippen molar-refractivity contribution in [3.63, 3.8) is 0 Å². The van der Waals surface area contributed by atoms with Crippen molar-refractivity contribution >= 4 is 29.1 Å². The molecule has 1 aromatic heterocycles. The molecule has 2 bridgehead atoms. The van der Waals surface area contributed by atoms with E-state index in [1.165, 1.54) is 12.8 Å². The molecule has 2 saturated heterocycles. The van der Waals surface area contributed by atoms with Crippen LogP contribution in [0.2, 0.25) is 0 Å². The third-order valence-corrected chi connectivity index (χ3v) is 7.55. The minimum atomic E-state index is -0.500. The SMILES string of the molecule is CCC(=O)c1ccc(N2[C@@H]3CC[C@H]2CC(NC(=O)c2ccc(C(N)=O)c(NCC4CC4)c2)C3)nc1. The molecule has 3 heterocycles. The van der Waals surface area contributed by atoms with E-state index in [1.54, 1.807) is 24.4 Å². The topological polar surface area (TPSA) is 117 Å². The molecule has 1 aromatic carbocycles. The number of hydrogen-bond acceptors (Lipinski definition) is 6. The molecule has 1 saturated carbocycles. The highest BCUT2D eigenvalue weighted by molar-refractivity contribution is 6.02. The Labute approximate surface area is 205 Å². The molecule has 4 N–H and O–H groups in total. The number of primary amides is 1. The Bertz CT molecular complexity index is 1110. The van der Waals surface area contributed by atoms with Gasteiger partial charge in [0.05, 0.1) is 5.56 Å². The minimum Gasteiger partial charge on any atom is -0.384 e. The summed E-state index contributed by atoms with van der Waals surface area (Å²) in [4.78, 5) is 43.8. The standard InChI is InChI=1S/C27H33N5O3/c1-2-24(33)18-6-10-25(30-15-18)32-20-7-8-21(32)13-19(12-20)31-27(35)17-5-9-22(26(28)34)23(11-17)29-14-16-3-4-16/h5-6,9-11,15-16,19-21,29H,2-4,7-8,12-14H2,1H3,(H2,28,34)(H,31,35)/t19?,20-,21+. The Hall–Kier alpha value is -3.42. The number of anilines is 2. The molecule has 5 rings (SSSR count). The highest BCUT2D eigenvalue weighted by Crippen LogP contribution is 2.38. The maximum absolute atomic E-state index is 13.1. The predicted molar refractivity (Wildman–Crippen MR) is 135 cm³/mol. The number of piperidine rings is 1. The van der Waals surface area contributed by atoms with E-state index in [2.05, 4.69) is 20.5 Å².